The molecule has 5 rings (SSSR count). The molecule has 3 aromatic heterocycles. The van der Waals surface area contributed by atoms with Crippen molar-refractivity contribution in [2.24, 2.45) is 0 Å². The molecule has 0 atom stereocenters. The molecule has 0 fully saturated rings. The van der Waals surface area contributed by atoms with Crippen molar-refractivity contribution in [1.82, 2.24) is 24.1 Å². The molecule has 0 amide bonds. The lowest BCUT2D eigenvalue weighted by Gasteiger charge is -2.11. The van der Waals surface area contributed by atoms with Gasteiger partial charge in [0.15, 0.2) is 11.0 Å². The number of halogens is 2. The van der Waals surface area contributed by atoms with Crippen molar-refractivity contribution in [3.05, 3.63) is 111 Å². The van der Waals surface area contributed by atoms with Crippen molar-refractivity contribution in [1.29, 1.82) is 0 Å². The summed E-state index contributed by atoms with van der Waals surface area (Å²) in [5.41, 5.74) is 3.03. The van der Waals surface area contributed by atoms with Gasteiger partial charge in [-0.15, -0.1) is 10.2 Å². The lowest BCUT2D eigenvalue weighted by atomic mass is 10.2. The van der Waals surface area contributed by atoms with Gasteiger partial charge in [-0.3, -0.25) is 13.8 Å². The van der Waals surface area contributed by atoms with E-state index in [-0.39, 0.29) is 5.56 Å². The third kappa shape index (κ3) is 4.66. The van der Waals surface area contributed by atoms with E-state index < -0.39 is 0 Å². The number of nitrogens with zero attached hydrogens (tertiary/aromatic N) is 5. The molecule has 0 aliphatic rings. The maximum Gasteiger partial charge on any atom is 0.258 e. The van der Waals surface area contributed by atoms with Gasteiger partial charge in [0.05, 0.1) is 17.3 Å². The Morgan fingerprint density at radius 3 is 2.55 bits per heavy atom. The SMILES string of the molecule is O=c1cc(CSc2nnc(-c3ccc(Cl)cc3Cl)n2Cc2ccccc2)nc2ccccn12. The third-order valence-corrected chi connectivity index (χ3v) is 6.59. The standard InChI is InChI=1S/C24H17Cl2N5OS/c25-17-9-10-19(20(26)12-17)23-28-29-24(31(23)14-16-6-2-1-3-7-16)33-15-18-13-22(32)30-11-5-4-8-21(30)27-18/h1-13H,14-15H2. The van der Waals surface area contributed by atoms with Crippen molar-refractivity contribution in [2.45, 2.75) is 17.5 Å². The lowest BCUT2D eigenvalue weighted by Crippen LogP contribution is -2.14. The Labute approximate surface area is 203 Å². The van der Waals surface area contributed by atoms with Crippen molar-refractivity contribution < 1.29 is 0 Å². The van der Waals surface area contributed by atoms with Gasteiger partial charge in [-0.2, -0.15) is 0 Å². The Kier molecular flexibility index (Phi) is 6.17. The summed E-state index contributed by atoms with van der Waals surface area (Å²) >= 11 is 14.0. The quantitative estimate of drug-likeness (QED) is 0.288. The molecule has 0 saturated carbocycles. The molecule has 0 radical (unpaired) electrons. The van der Waals surface area contributed by atoms with Gasteiger partial charge in [-0.25, -0.2) is 4.98 Å². The monoisotopic (exact) mass is 493 g/mol. The predicted molar refractivity (Wildman–Crippen MR) is 132 cm³/mol. The van der Waals surface area contributed by atoms with Crippen LogP contribution in [0.5, 0.6) is 0 Å². The molecule has 164 valence electrons. The van der Waals surface area contributed by atoms with Crippen LogP contribution >= 0.6 is 35.0 Å². The molecule has 33 heavy (non-hydrogen) atoms. The van der Waals surface area contributed by atoms with Crippen LogP contribution in [0.25, 0.3) is 17.0 Å². The molecular weight excluding hydrogens is 477 g/mol. The second-order valence-corrected chi connectivity index (χ2v) is 9.09. The Bertz CT molecular complexity index is 1500. The molecule has 3 heterocycles. The van der Waals surface area contributed by atoms with Gasteiger partial charge in [0.25, 0.3) is 5.56 Å². The lowest BCUT2D eigenvalue weighted by molar-refractivity contribution is 0.714. The second kappa shape index (κ2) is 9.39. The summed E-state index contributed by atoms with van der Waals surface area (Å²) in [4.78, 5) is 17.0. The number of thioether (sulfide) groups is 1. The van der Waals surface area contributed by atoms with Crippen LogP contribution in [0, 0.1) is 0 Å². The van der Waals surface area contributed by atoms with Crippen LogP contribution in [0.2, 0.25) is 10.0 Å². The summed E-state index contributed by atoms with van der Waals surface area (Å²) in [5.74, 6) is 1.12. The van der Waals surface area contributed by atoms with E-state index in [1.54, 1.807) is 30.5 Å². The summed E-state index contributed by atoms with van der Waals surface area (Å²) in [6.45, 7) is 0.568. The van der Waals surface area contributed by atoms with E-state index in [1.807, 2.05) is 53.1 Å². The first-order valence-corrected chi connectivity index (χ1v) is 11.9. The summed E-state index contributed by atoms with van der Waals surface area (Å²) < 4.78 is 3.54. The predicted octanol–water partition coefficient (Wildman–Crippen LogP) is 5.60. The number of rotatable bonds is 6. The fourth-order valence-corrected chi connectivity index (χ4v) is 4.81. The minimum atomic E-state index is -0.115. The van der Waals surface area contributed by atoms with Gasteiger partial charge in [-0.1, -0.05) is 71.4 Å². The van der Waals surface area contributed by atoms with Crippen LogP contribution < -0.4 is 5.56 Å². The average molecular weight is 494 g/mol. The highest BCUT2D eigenvalue weighted by Gasteiger charge is 2.18. The van der Waals surface area contributed by atoms with Gasteiger partial charge in [0.2, 0.25) is 0 Å². The first kappa shape index (κ1) is 21.7. The Hall–Kier alpha value is -3.13. The van der Waals surface area contributed by atoms with Crippen LogP contribution in [0.1, 0.15) is 11.3 Å². The van der Waals surface area contributed by atoms with E-state index in [1.165, 1.54) is 16.2 Å². The molecule has 0 N–H and O–H groups in total. The fraction of sp³-hybridized carbons (Fsp3) is 0.0833. The van der Waals surface area contributed by atoms with Crippen molar-refractivity contribution >= 4 is 40.6 Å². The van der Waals surface area contributed by atoms with E-state index in [4.69, 9.17) is 23.2 Å². The maximum atomic E-state index is 12.4. The molecular formula is C24H17Cl2N5OS. The minimum absolute atomic E-state index is 0.115. The van der Waals surface area contributed by atoms with Crippen LogP contribution in [0.3, 0.4) is 0 Å². The largest absolute Gasteiger partial charge is 0.297 e. The number of pyridine rings is 1. The van der Waals surface area contributed by atoms with Gasteiger partial charge < -0.3 is 0 Å². The number of hydrogen-bond donors (Lipinski definition) is 0. The summed E-state index contributed by atoms with van der Waals surface area (Å²) in [6, 6.07) is 22.4. The topological polar surface area (TPSA) is 65.1 Å². The van der Waals surface area contributed by atoms with Gasteiger partial charge in [0, 0.05) is 28.6 Å². The van der Waals surface area contributed by atoms with Crippen molar-refractivity contribution in [3.8, 4) is 11.4 Å². The summed E-state index contributed by atoms with van der Waals surface area (Å²) in [6.07, 6.45) is 1.71. The van der Waals surface area contributed by atoms with E-state index in [0.29, 0.717) is 44.7 Å². The molecule has 0 bridgehead atoms. The number of hydrogen-bond acceptors (Lipinski definition) is 5. The molecule has 0 aliphatic carbocycles. The van der Waals surface area contributed by atoms with E-state index in [9.17, 15) is 4.79 Å². The summed E-state index contributed by atoms with van der Waals surface area (Å²) in [7, 11) is 0. The molecule has 2 aromatic carbocycles. The molecule has 0 saturated heterocycles. The molecule has 6 nitrogen and oxygen atoms in total. The van der Waals surface area contributed by atoms with Gasteiger partial charge in [-0.05, 0) is 35.9 Å². The Morgan fingerprint density at radius 1 is 0.909 bits per heavy atom. The maximum absolute atomic E-state index is 12.4. The molecule has 0 spiro atoms. The van der Waals surface area contributed by atoms with Crippen LogP contribution in [0.15, 0.2) is 88.9 Å². The normalized spacial score (nSPS) is 11.2. The van der Waals surface area contributed by atoms with Crippen molar-refractivity contribution in [3.63, 3.8) is 0 Å². The Balaban J connectivity index is 1.50. The zero-order valence-electron chi connectivity index (χ0n) is 17.2. The van der Waals surface area contributed by atoms with Crippen molar-refractivity contribution in [2.75, 3.05) is 0 Å². The van der Waals surface area contributed by atoms with Crippen LogP contribution in [0.4, 0.5) is 0 Å². The zero-order chi connectivity index (χ0) is 22.8. The molecule has 9 heteroatoms. The number of aromatic nitrogens is 5. The van der Waals surface area contributed by atoms with Crippen LogP contribution in [-0.2, 0) is 12.3 Å². The summed E-state index contributed by atoms with van der Waals surface area (Å²) in [5, 5.41) is 10.6. The highest BCUT2D eigenvalue weighted by Crippen LogP contribution is 2.32. The van der Waals surface area contributed by atoms with E-state index >= 15 is 0 Å². The third-order valence-electron chi connectivity index (χ3n) is 5.05. The number of fused-ring (bicyclic) bond motifs is 1. The van der Waals surface area contributed by atoms with Gasteiger partial charge >= 0.3 is 0 Å². The fourth-order valence-electron chi connectivity index (χ4n) is 3.49. The molecule has 0 unspecified atom stereocenters. The minimum Gasteiger partial charge on any atom is -0.297 e. The number of benzene rings is 2. The van der Waals surface area contributed by atoms with Crippen LogP contribution in [-0.4, -0.2) is 24.1 Å². The highest BCUT2D eigenvalue weighted by molar-refractivity contribution is 7.98. The zero-order valence-corrected chi connectivity index (χ0v) is 19.6. The first-order chi connectivity index (χ1) is 16.1. The van der Waals surface area contributed by atoms with E-state index in [2.05, 4.69) is 15.2 Å². The Morgan fingerprint density at radius 2 is 1.73 bits per heavy atom. The first-order valence-electron chi connectivity index (χ1n) is 10.1. The second-order valence-electron chi connectivity index (χ2n) is 7.31. The average Bonchev–Trinajstić information content (AvgIpc) is 3.20. The molecule has 5 aromatic rings. The van der Waals surface area contributed by atoms with E-state index in [0.717, 1.165) is 11.1 Å². The molecule has 0 aliphatic heterocycles. The highest BCUT2D eigenvalue weighted by atomic mass is 35.5. The van der Waals surface area contributed by atoms with Gasteiger partial charge in [0.1, 0.15) is 5.65 Å². The smallest absolute Gasteiger partial charge is 0.258 e.